The number of rotatable bonds is 7. The molecule has 2 N–H and O–H groups in total. The second-order valence-corrected chi connectivity index (χ2v) is 6.53. The minimum absolute atomic E-state index is 0.000134. The number of amides is 1. The zero-order valence-electron chi connectivity index (χ0n) is 14.8. The molecule has 1 amide bonds. The fourth-order valence-corrected chi connectivity index (χ4v) is 3.35. The van der Waals surface area contributed by atoms with Crippen LogP contribution in [0.15, 0.2) is 29.1 Å². The highest BCUT2D eigenvalue weighted by atomic mass is 16.2. The molecule has 1 aromatic carbocycles. The molecular weight excluding hydrogens is 318 g/mol. The van der Waals surface area contributed by atoms with Crippen LogP contribution in [0.3, 0.4) is 0 Å². The van der Waals surface area contributed by atoms with E-state index >= 15 is 0 Å². The standard InChI is InChI=1S/C18H27N5O2/c1-21-15-5-2-3-6-16(15)23(18(21)25)12-7-17(24)20-8-4-11-22-13-9-19-10-14-22/h2-3,5-6,19H,4,7-14H2,1H3,(H,20,24). The number of aromatic nitrogens is 2. The molecule has 0 bridgehead atoms. The monoisotopic (exact) mass is 345 g/mol. The third-order valence-corrected chi connectivity index (χ3v) is 4.80. The summed E-state index contributed by atoms with van der Waals surface area (Å²) in [7, 11) is 1.76. The summed E-state index contributed by atoms with van der Waals surface area (Å²) in [4.78, 5) is 26.8. The quantitative estimate of drug-likeness (QED) is 0.701. The molecule has 1 aromatic heterocycles. The maximum Gasteiger partial charge on any atom is 0.328 e. The average molecular weight is 345 g/mol. The van der Waals surface area contributed by atoms with Gasteiger partial charge in [-0.25, -0.2) is 4.79 Å². The molecule has 0 aliphatic carbocycles. The fourth-order valence-electron chi connectivity index (χ4n) is 3.35. The predicted octanol–water partition coefficient (Wildman–Crippen LogP) is 0.142. The largest absolute Gasteiger partial charge is 0.356 e. The number of benzene rings is 1. The summed E-state index contributed by atoms with van der Waals surface area (Å²) in [6.07, 6.45) is 1.28. The Balaban J connectivity index is 1.45. The zero-order valence-corrected chi connectivity index (χ0v) is 14.8. The number of nitrogens with one attached hydrogen (secondary N) is 2. The van der Waals surface area contributed by atoms with Gasteiger partial charge in [-0.3, -0.25) is 13.9 Å². The van der Waals surface area contributed by atoms with Crippen molar-refractivity contribution >= 4 is 16.9 Å². The summed E-state index contributed by atoms with van der Waals surface area (Å²) in [6.45, 7) is 6.37. The lowest BCUT2D eigenvalue weighted by Gasteiger charge is -2.27. The van der Waals surface area contributed by atoms with Gasteiger partial charge in [0.2, 0.25) is 5.91 Å². The zero-order chi connectivity index (χ0) is 17.6. The van der Waals surface area contributed by atoms with Crippen molar-refractivity contribution in [1.29, 1.82) is 0 Å². The molecule has 7 heteroatoms. The fraction of sp³-hybridized carbons (Fsp3) is 0.556. The second kappa shape index (κ2) is 8.31. The van der Waals surface area contributed by atoms with E-state index in [-0.39, 0.29) is 11.6 Å². The number of para-hydroxylation sites is 2. The SMILES string of the molecule is Cn1c(=O)n(CCC(=O)NCCCN2CCNCC2)c2ccccc21. The molecule has 0 atom stereocenters. The Morgan fingerprint density at radius 2 is 1.88 bits per heavy atom. The lowest BCUT2D eigenvalue weighted by molar-refractivity contribution is -0.121. The molecule has 0 spiro atoms. The minimum Gasteiger partial charge on any atom is -0.356 e. The summed E-state index contributed by atoms with van der Waals surface area (Å²) >= 11 is 0. The van der Waals surface area contributed by atoms with Gasteiger partial charge in [-0.2, -0.15) is 0 Å². The molecular formula is C18H27N5O2. The van der Waals surface area contributed by atoms with E-state index in [0.29, 0.717) is 19.5 Å². The van der Waals surface area contributed by atoms with Gasteiger partial charge >= 0.3 is 5.69 Å². The smallest absolute Gasteiger partial charge is 0.328 e. The van der Waals surface area contributed by atoms with Gasteiger partial charge < -0.3 is 15.5 Å². The number of hydrogen-bond acceptors (Lipinski definition) is 4. The first kappa shape index (κ1) is 17.7. The van der Waals surface area contributed by atoms with E-state index in [1.807, 2.05) is 24.3 Å². The van der Waals surface area contributed by atoms with Gasteiger partial charge in [-0.1, -0.05) is 12.1 Å². The molecule has 7 nitrogen and oxygen atoms in total. The van der Waals surface area contributed by atoms with Crippen LogP contribution < -0.4 is 16.3 Å². The molecule has 0 unspecified atom stereocenters. The Bertz CT molecular complexity index is 773. The summed E-state index contributed by atoms with van der Waals surface area (Å²) in [6, 6.07) is 7.66. The highest BCUT2D eigenvalue weighted by Gasteiger charge is 2.12. The third kappa shape index (κ3) is 4.29. The van der Waals surface area contributed by atoms with Crippen LogP contribution in [-0.4, -0.2) is 59.2 Å². The van der Waals surface area contributed by atoms with Crippen LogP contribution in [0.25, 0.3) is 11.0 Å². The van der Waals surface area contributed by atoms with Gasteiger partial charge in [-0.05, 0) is 25.1 Å². The van der Waals surface area contributed by atoms with Gasteiger partial charge in [-0.15, -0.1) is 0 Å². The minimum atomic E-state index is -0.0762. The summed E-state index contributed by atoms with van der Waals surface area (Å²) < 4.78 is 3.30. The maximum atomic E-state index is 12.3. The van der Waals surface area contributed by atoms with E-state index in [0.717, 1.165) is 50.2 Å². The van der Waals surface area contributed by atoms with Crippen LogP contribution in [-0.2, 0) is 18.4 Å². The molecule has 1 aliphatic heterocycles. The summed E-state index contributed by atoms with van der Waals surface area (Å²) in [5.74, 6) is 0.000134. The lowest BCUT2D eigenvalue weighted by Crippen LogP contribution is -2.44. The van der Waals surface area contributed by atoms with Crippen molar-refractivity contribution in [2.24, 2.45) is 7.05 Å². The van der Waals surface area contributed by atoms with Gasteiger partial charge in [0.15, 0.2) is 0 Å². The third-order valence-electron chi connectivity index (χ3n) is 4.80. The van der Waals surface area contributed by atoms with Crippen LogP contribution in [0.2, 0.25) is 0 Å². The van der Waals surface area contributed by atoms with E-state index in [9.17, 15) is 9.59 Å². The molecule has 2 aromatic rings. The van der Waals surface area contributed by atoms with Crippen LogP contribution in [0, 0.1) is 0 Å². The van der Waals surface area contributed by atoms with E-state index in [2.05, 4.69) is 15.5 Å². The normalized spacial score (nSPS) is 15.6. The molecule has 1 fully saturated rings. The first-order valence-corrected chi connectivity index (χ1v) is 9.01. The topological polar surface area (TPSA) is 71.3 Å². The highest BCUT2D eigenvalue weighted by Crippen LogP contribution is 2.11. The number of hydrogen-bond donors (Lipinski definition) is 2. The number of aryl methyl sites for hydroxylation is 2. The number of piperazine rings is 1. The predicted molar refractivity (Wildman–Crippen MR) is 98.7 cm³/mol. The summed E-state index contributed by atoms with van der Waals surface area (Å²) in [5.41, 5.74) is 1.69. The lowest BCUT2D eigenvalue weighted by atomic mass is 10.3. The number of fused-ring (bicyclic) bond motifs is 1. The van der Waals surface area contributed by atoms with Crippen molar-refractivity contribution in [2.75, 3.05) is 39.3 Å². The van der Waals surface area contributed by atoms with E-state index in [1.165, 1.54) is 0 Å². The molecule has 25 heavy (non-hydrogen) atoms. The van der Waals surface area contributed by atoms with Crippen molar-refractivity contribution in [3.8, 4) is 0 Å². The first-order chi connectivity index (χ1) is 12.2. The first-order valence-electron chi connectivity index (χ1n) is 9.01. The molecule has 1 aliphatic rings. The van der Waals surface area contributed by atoms with Crippen molar-refractivity contribution < 1.29 is 4.79 Å². The van der Waals surface area contributed by atoms with Crippen LogP contribution >= 0.6 is 0 Å². The molecule has 136 valence electrons. The Hall–Kier alpha value is -2.12. The van der Waals surface area contributed by atoms with E-state index in [4.69, 9.17) is 0 Å². The van der Waals surface area contributed by atoms with E-state index in [1.54, 1.807) is 16.2 Å². The molecule has 2 heterocycles. The van der Waals surface area contributed by atoms with Crippen molar-refractivity contribution in [1.82, 2.24) is 24.7 Å². The second-order valence-electron chi connectivity index (χ2n) is 6.53. The number of carbonyl (C=O) groups is 1. The summed E-state index contributed by atoms with van der Waals surface area (Å²) in [5, 5.41) is 6.30. The van der Waals surface area contributed by atoms with E-state index < -0.39 is 0 Å². The Kier molecular flexibility index (Phi) is 5.88. The van der Waals surface area contributed by atoms with Crippen molar-refractivity contribution in [3.05, 3.63) is 34.7 Å². The molecule has 1 saturated heterocycles. The Morgan fingerprint density at radius 1 is 1.16 bits per heavy atom. The van der Waals surface area contributed by atoms with Crippen LogP contribution in [0.5, 0.6) is 0 Å². The Morgan fingerprint density at radius 3 is 2.64 bits per heavy atom. The van der Waals surface area contributed by atoms with Crippen LogP contribution in [0.4, 0.5) is 0 Å². The average Bonchev–Trinajstić information content (AvgIpc) is 2.89. The molecule has 3 rings (SSSR count). The number of carbonyl (C=O) groups excluding carboxylic acids is 1. The van der Waals surface area contributed by atoms with Gasteiger partial charge in [0.05, 0.1) is 11.0 Å². The van der Waals surface area contributed by atoms with Gasteiger partial charge in [0.25, 0.3) is 0 Å². The number of nitrogens with zero attached hydrogens (tertiary/aromatic N) is 3. The molecule has 0 radical (unpaired) electrons. The maximum absolute atomic E-state index is 12.3. The van der Waals surface area contributed by atoms with Gasteiger partial charge in [0, 0.05) is 52.7 Å². The molecule has 0 saturated carbocycles. The van der Waals surface area contributed by atoms with Crippen molar-refractivity contribution in [2.45, 2.75) is 19.4 Å². The Labute approximate surface area is 147 Å². The van der Waals surface area contributed by atoms with Crippen LogP contribution in [0.1, 0.15) is 12.8 Å². The van der Waals surface area contributed by atoms with Crippen molar-refractivity contribution in [3.63, 3.8) is 0 Å². The van der Waals surface area contributed by atoms with Gasteiger partial charge in [0.1, 0.15) is 0 Å². The number of imidazole rings is 1. The highest BCUT2D eigenvalue weighted by molar-refractivity contribution is 5.77.